The lowest BCUT2D eigenvalue weighted by molar-refractivity contribution is 0.277. The first-order chi connectivity index (χ1) is 8.71. The van der Waals surface area contributed by atoms with Crippen molar-refractivity contribution in [3.63, 3.8) is 0 Å². The van der Waals surface area contributed by atoms with Gasteiger partial charge < -0.3 is 9.53 Å². The summed E-state index contributed by atoms with van der Waals surface area (Å²) in [7, 11) is -1.84. The number of aliphatic hydroxyl groups is 1. The first kappa shape index (κ1) is 16.3. The van der Waals surface area contributed by atoms with Crippen molar-refractivity contribution in [2.45, 2.75) is 65.3 Å². The predicted octanol–water partition coefficient (Wildman–Crippen LogP) is 4.52. The molecule has 0 radical (unpaired) electrons. The molecule has 0 unspecified atom stereocenters. The summed E-state index contributed by atoms with van der Waals surface area (Å²) in [6, 6.07) is 6.22. The lowest BCUT2D eigenvalue weighted by Crippen LogP contribution is -2.44. The van der Waals surface area contributed by atoms with E-state index in [4.69, 9.17) is 4.43 Å². The molecule has 1 rings (SSSR count). The fourth-order valence-electron chi connectivity index (χ4n) is 1.73. The summed E-state index contributed by atoms with van der Waals surface area (Å²) in [4.78, 5) is 0. The zero-order valence-corrected chi connectivity index (χ0v) is 14.2. The van der Waals surface area contributed by atoms with Gasteiger partial charge in [-0.3, -0.25) is 0 Å². The number of aliphatic hydroxyl groups excluding tert-OH is 1. The lowest BCUT2D eigenvalue weighted by Gasteiger charge is -2.37. The molecule has 1 aromatic rings. The van der Waals surface area contributed by atoms with Crippen LogP contribution in [-0.4, -0.2) is 13.4 Å². The van der Waals surface area contributed by atoms with Crippen molar-refractivity contribution >= 4 is 8.32 Å². The van der Waals surface area contributed by atoms with Crippen molar-refractivity contribution in [1.29, 1.82) is 0 Å². The van der Waals surface area contributed by atoms with Crippen molar-refractivity contribution in [3.8, 4) is 5.75 Å². The molecule has 0 saturated heterocycles. The van der Waals surface area contributed by atoms with Crippen LogP contribution in [0.4, 0.5) is 0 Å². The minimum Gasteiger partial charge on any atom is -0.543 e. The molecule has 0 aromatic heterocycles. The van der Waals surface area contributed by atoms with Crippen LogP contribution in [0.15, 0.2) is 18.2 Å². The molecule has 1 aromatic carbocycles. The molecule has 0 fully saturated rings. The third kappa shape index (κ3) is 4.08. The van der Waals surface area contributed by atoms with E-state index >= 15 is 0 Å². The maximum Gasteiger partial charge on any atom is 0.250 e. The van der Waals surface area contributed by atoms with Crippen molar-refractivity contribution in [3.05, 3.63) is 29.3 Å². The molecule has 3 heteroatoms. The van der Waals surface area contributed by atoms with Gasteiger partial charge in [0.1, 0.15) is 5.75 Å². The van der Waals surface area contributed by atoms with Crippen LogP contribution < -0.4 is 4.43 Å². The highest BCUT2D eigenvalue weighted by Crippen LogP contribution is 2.38. The van der Waals surface area contributed by atoms with Crippen LogP contribution in [0.25, 0.3) is 0 Å². The molecule has 0 aliphatic heterocycles. The van der Waals surface area contributed by atoms with Gasteiger partial charge in [-0.15, -0.1) is 0 Å². The fraction of sp³-hybridized carbons (Fsp3) is 0.625. The van der Waals surface area contributed by atoms with Crippen LogP contribution in [0.3, 0.4) is 0 Å². The SMILES string of the molecule is CCCc1ccc(O[Si](C)(C)C(C)(C)C)c(CO)c1. The first-order valence-electron chi connectivity index (χ1n) is 7.13. The highest BCUT2D eigenvalue weighted by Gasteiger charge is 2.39. The third-order valence-electron chi connectivity index (χ3n) is 4.01. The molecule has 2 nitrogen and oxygen atoms in total. The minimum atomic E-state index is -1.84. The maximum atomic E-state index is 9.55. The van der Waals surface area contributed by atoms with Gasteiger partial charge in [-0.1, -0.05) is 40.2 Å². The van der Waals surface area contributed by atoms with Gasteiger partial charge in [0.25, 0.3) is 0 Å². The van der Waals surface area contributed by atoms with Crippen molar-refractivity contribution in [2.24, 2.45) is 0 Å². The summed E-state index contributed by atoms with van der Waals surface area (Å²) in [5.41, 5.74) is 2.19. The molecule has 0 bridgehead atoms. The quantitative estimate of drug-likeness (QED) is 0.804. The zero-order chi connectivity index (χ0) is 14.7. The van der Waals surface area contributed by atoms with Crippen LogP contribution in [0, 0.1) is 0 Å². The summed E-state index contributed by atoms with van der Waals surface area (Å²) in [6.07, 6.45) is 2.17. The Morgan fingerprint density at radius 1 is 1.21 bits per heavy atom. The Morgan fingerprint density at radius 3 is 2.32 bits per heavy atom. The second kappa shape index (κ2) is 6.10. The van der Waals surface area contributed by atoms with Gasteiger partial charge in [0.15, 0.2) is 0 Å². The average Bonchev–Trinajstić information content (AvgIpc) is 2.29. The summed E-state index contributed by atoms with van der Waals surface area (Å²) < 4.78 is 6.30. The standard InChI is InChI=1S/C16H28O2Si/c1-7-8-13-9-10-15(14(11-13)12-17)18-19(5,6)16(2,3)4/h9-11,17H,7-8,12H2,1-6H3. The smallest absolute Gasteiger partial charge is 0.250 e. The molecule has 0 saturated carbocycles. The van der Waals surface area contributed by atoms with E-state index in [1.807, 2.05) is 6.07 Å². The first-order valence-corrected chi connectivity index (χ1v) is 10.0. The average molecular weight is 280 g/mol. The molecule has 0 amide bonds. The van der Waals surface area contributed by atoms with Crippen LogP contribution in [-0.2, 0) is 13.0 Å². The largest absolute Gasteiger partial charge is 0.543 e. The number of hydrogen-bond donors (Lipinski definition) is 1. The van der Waals surface area contributed by atoms with E-state index in [-0.39, 0.29) is 11.6 Å². The number of aryl methyl sites for hydroxylation is 1. The number of benzene rings is 1. The van der Waals surface area contributed by atoms with Crippen molar-refractivity contribution in [2.75, 3.05) is 0 Å². The molecular formula is C16H28O2Si. The molecule has 1 N–H and O–H groups in total. The Hall–Kier alpha value is -0.803. The number of rotatable bonds is 5. The van der Waals surface area contributed by atoms with E-state index in [1.54, 1.807) is 0 Å². The molecule has 0 aliphatic carbocycles. The Morgan fingerprint density at radius 2 is 1.84 bits per heavy atom. The van der Waals surface area contributed by atoms with Crippen molar-refractivity contribution in [1.82, 2.24) is 0 Å². The number of hydrogen-bond acceptors (Lipinski definition) is 2. The zero-order valence-electron chi connectivity index (χ0n) is 13.2. The second-order valence-electron chi connectivity index (χ2n) is 6.71. The molecule has 0 spiro atoms. The van der Waals surface area contributed by atoms with Crippen LogP contribution in [0.1, 0.15) is 45.2 Å². The van der Waals surface area contributed by atoms with E-state index in [2.05, 4.69) is 52.9 Å². The Balaban J connectivity index is 3.01. The Bertz CT molecular complexity index is 419. The highest BCUT2D eigenvalue weighted by molar-refractivity contribution is 6.74. The van der Waals surface area contributed by atoms with E-state index in [9.17, 15) is 5.11 Å². The van der Waals surface area contributed by atoms with Crippen LogP contribution in [0.2, 0.25) is 18.1 Å². The second-order valence-corrected chi connectivity index (χ2v) is 11.4. The maximum absolute atomic E-state index is 9.55. The minimum absolute atomic E-state index is 0.0432. The van der Waals surface area contributed by atoms with Crippen molar-refractivity contribution < 1.29 is 9.53 Å². The van der Waals surface area contributed by atoms with Gasteiger partial charge in [-0.2, -0.15) is 0 Å². The highest BCUT2D eigenvalue weighted by atomic mass is 28.4. The van der Waals surface area contributed by atoms with E-state index in [1.165, 1.54) is 5.56 Å². The Kier molecular flexibility index (Phi) is 5.22. The van der Waals surface area contributed by atoms with Gasteiger partial charge in [0.2, 0.25) is 8.32 Å². The molecule has 0 heterocycles. The van der Waals surface area contributed by atoms with Gasteiger partial charge >= 0.3 is 0 Å². The monoisotopic (exact) mass is 280 g/mol. The van der Waals surface area contributed by atoms with Gasteiger partial charge in [-0.25, -0.2) is 0 Å². The van der Waals surface area contributed by atoms with Gasteiger partial charge in [0, 0.05) is 5.56 Å². The van der Waals surface area contributed by atoms with E-state index < -0.39 is 8.32 Å². The summed E-state index contributed by atoms with van der Waals surface area (Å²) >= 11 is 0. The molecule has 0 aliphatic rings. The van der Waals surface area contributed by atoms with Crippen LogP contribution >= 0.6 is 0 Å². The van der Waals surface area contributed by atoms with Gasteiger partial charge in [0.05, 0.1) is 6.61 Å². The fourth-order valence-corrected chi connectivity index (χ4v) is 2.78. The van der Waals surface area contributed by atoms with Crippen LogP contribution in [0.5, 0.6) is 5.75 Å². The van der Waals surface area contributed by atoms with E-state index in [0.29, 0.717) is 0 Å². The summed E-state index contributed by atoms with van der Waals surface area (Å²) in [6.45, 7) is 13.3. The molecule has 0 atom stereocenters. The molecule has 19 heavy (non-hydrogen) atoms. The van der Waals surface area contributed by atoms with E-state index in [0.717, 1.165) is 24.2 Å². The normalized spacial score (nSPS) is 12.6. The molecule has 108 valence electrons. The van der Waals surface area contributed by atoms with Gasteiger partial charge in [-0.05, 0) is 42.2 Å². The third-order valence-corrected chi connectivity index (χ3v) is 8.35. The Labute approximate surface area is 118 Å². The molecular weight excluding hydrogens is 252 g/mol. The lowest BCUT2D eigenvalue weighted by atomic mass is 10.1. The topological polar surface area (TPSA) is 29.5 Å². The summed E-state index contributed by atoms with van der Waals surface area (Å²) in [5, 5.41) is 9.71. The summed E-state index contributed by atoms with van der Waals surface area (Å²) in [5.74, 6) is 0.856. The predicted molar refractivity (Wildman–Crippen MR) is 84.2 cm³/mol.